The molecule has 98 valence electrons. The number of fused-ring (bicyclic) bond motifs is 5. The topological polar surface area (TPSA) is 64.9 Å². The van der Waals surface area contributed by atoms with Gasteiger partial charge in [-0.25, -0.2) is 0 Å². The number of nitrogens with one attached hydrogen (secondary N) is 1. The van der Waals surface area contributed by atoms with Crippen LogP contribution in [-0.4, -0.2) is 34.5 Å². The van der Waals surface area contributed by atoms with E-state index < -0.39 is 12.0 Å². The number of aliphatic carboxylic acids is 1. The second-order valence-electron chi connectivity index (χ2n) is 5.42. The van der Waals surface area contributed by atoms with Crippen LogP contribution < -0.4 is 5.32 Å². The van der Waals surface area contributed by atoms with Gasteiger partial charge in [0.05, 0.1) is 6.04 Å². The average Bonchev–Trinajstić information content (AvgIpc) is 3.00. The summed E-state index contributed by atoms with van der Waals surface area (Å²) in [6.45, 7) is 0. The van der Waals surface area contributed by atoms with E-state index in [0.717, 1.165) is 12.8 Å². The number of benzene rings is 1. The van der Waals surface area contributed by atoms with Gasteiger partial charge in [0.2, 0.25) is 0 Å². The Bertz CT molecular complexity index is 572. The molecule has 4 rings (SSSR count). The summed E-state index contributed by atoms with van der Waals surface area (Å²) in [7, 11) is 0. The predicted octanol–water partition coefficient (Wildman–Crippen LogP) is 0.974. The maximum atomic E-state index is 11.5. The molecule has 2 N–H and O–H groups in total. The minimum atomic E-state index is -0.755. The fourth-order valence-electron chi connectivity index (χ4n) is 3.67. The highest BCUT2D eigenvalue weighted by Gasteiger charge is 2.50. The van der Waals surface area contributed by atoms with Crippen LogP contribution in [0, 0.1) is 5.92 Å². The summed E-state index contributed by atoms with van der Waals surface area (Å²) in [6.07, 6.45) is 3.48. The Hall–Kier alpha value is -1.88. The first-order valence-electron chi connectivity index (χ1n) is 6.63. The molecule has 0 bridgehead atoms. The lowest BCUT2D eigenvalue weighted by Gasteiger charge is -2.43. The Morgan fingerprint density at radius 1 is 1.42 bits per heavy atom. The highest BCUT2D eigenvalue weighted by Crippen LogP contribution is 2.46. The molecular weight excluding hydrogens is 242 g/mol. The summed E-state index contributed by atoms with van der Waals surface area (Å²) in [4.78, 5) is 11.5. The Balaban J connectivity index is 1.80. The molecule has 4 unspecified atom stereocenters. The van der Waals surface area contributed by atoms with Gasteiger partial charge >= 0.3 is 5.97 Å². The van der Waals surface area contributed by atoms with Crippen molar-refractivity contribution in [2.45, 2.75) is 31.1 Å². The molecule has 0 amide bonds. The molecule has 0 saturated carbocycles. The Kier molecular flexibility index (Phi) is 2.20. The van der Waals surface area contributed by atoms with Crippen molar-refractivity contribution < 1.29 is 9.90 Å². The van der Waals surface area contributed by atoms with E-state index in [1.807, 2.05) is 18.3 Å². The molecule has 4 atom stereocenters. The molecule has 0 aromatic heterocycles. The van der Waals surface area contributed by atoms with Gasteiger partial charge in [-0.2, -0.15) is 5.10 Å². The molecule has 19 heavy (non-hydrogen) atoms. The van der Waals surface area contributed by atoms with Gasteiger partial charge < -0.3 is 5.11 Å². The van der Waals surface area contributed by atoms with Crippen molar-refractivity contribution in [2.24, 2.45) is 11.0 Å². The summed E-state index contributed by atoms with van der Waals surface area (Å²) in [6, 6.07) is 7.86. The normalized spacial score (nSPS) is 34.8. The zero-order chi connectivity index (χ0) is 13.0. The van der Waals surface area contributed by atoms with Crippen LogP contribution in [0.15, 0.2) is 29.4 Å². The van der Waals surface area contributed by atoms with Crippen LogP contribution in [0.5, 0.6) is 0 Å². The van der Waals surface area contributed by atoms with Gasteiger partial charge in [0, 0.05) is 18.6 Å². The van der Waals surface area contributed by atoms with Crippen molar-refractivity contribution in [3.05, 3.63) is 35.4 Å². The number of rotatable bonds is 1. The molecule has 5 heteroatoms. The maximum absolute atomic E-state index is 11.5. The van der Waals surface area contributed by atoms with Gasteiger partial charge in [-0.3, -0.25) is 15.1 Å². The number of carboxylic acids is 1. The fourth-order valence-corrected chi connectivity index (χ4v) is 3.67. The highest BCUT2D eigenvalue weighted by molar-refractivity contribution is 5.75. The molecular formula is C14H15N3O2. The second kappa shape index (κ2) is 3.81. The third-order valence-electron chi connectivity index (χ3n) is 4.45. The minimum Gasteiger partial charge on any atom is -0.480 e. The first kappa shape index (κ1) is 11.0. The summed E-state index contributed by atoms with van der Waals surface area (Å²) in [5, 5.41) is 19.2. The van der Waals surface area contributed by atoms with Crippen molar-refractivity contribution in [3.8, 4) is 0 Å². The summed E-state index contributed by atoms with van der Waals surface area (Å²) >= 11 is 0. The Labute approximate surface area is 110 Å². The highest BCUT2D eigenvalue weighted by atomic mass is 16.4. The van der Waals surface area contributed by atoms with Crippen molar-refractivity contribution in [3.63, 3.8) is 0 Å². The molecule has 2 aliphatic heterocycles. The molecule has 3 aliphatic rings. The number of hydrogen-bond acceptors (Lipinski definition) is 4. The minimum absolute atomic E-state index is 0.0218. The second-order valence-corrected chi connectivity index (χ2v) is 5.42. The van der Waals surface area contributed by atoms with Crippen molar-refractivity contribution in [2.75, 3.05) is 0 Å². The lowest BCUT2D eigenvalue weighted by atomic mass is 9.88. The van der Waals surface area contributed by atoms with E-state index in [2.05, 4.69) is 27.6 Å². The fraction of sp³-hybridized carbons (Fsp3) is 0.429. The van der Waals surface area contributed by atoms with E-state index >= 15 is 0 Å². The van der Waals surface area contributed by atoms with Crippen LogP contribution in [-0.2, 0) is 11.2 Å². The zero-order valence-corrected chi connectivity index (χ0v) is 10.4. The number of hydrogen-bond donors (Lipinski definition) is 2. The number of carboxylic acid groups (broad SMARTS) is 1. The molecule has 5 nitrogen and oxygen atoms in total. The van der Waals surface area contributed by atoms with Gasteiger partial charge in [0.1, 0.15) is 12.2 Å². The Morgan fingerprint density at radius 3 is 3.11 bits per heavy atom. The summed E-state index contributed by atoms with van der Waals surface area (Å²) in [5.74, 6) is -0.698. The summed E-state index contributed by atoms with van der Waals surface area (Å²) in [5.41, 5.74) is 2.50. The van der Waals surface area contributed by atoms with E-state index in [4.69, 9.17) is 0 Å². The molecule has 1 saturated heterocycles. The number of carbonyl (C=O) groups is 1. The van der Waals surface area contributed by atoms with E-state index in [0.29, 0.717) is 0 Å². The van der Waals surface area contributed by atoms with E-state index in [1.165, 1.54) is 11.1 Å². The van der Waals surface area contributed by atoms with Gasteiger partial charge in [-0.1, -0.05) is 24.3 Å². The third-order valence-corrected chi connectivity index (χ3v) is 4.45. The van der Waals surface area contributed by atoms with Crippen molar-refractivity contribution in [1.29, 1.82) is 0 Å². The maximum Gasteiger partial charge on any atom is 0.321 e. The van der Waals surface area contributed by atoms with Crippen molar-refractivity contribution in [1.82, 2.24) is 10.3 Å². The smallest absolute Gasteiger partial charge is 0.321 e. The first-order valence-corrected chi connectivity index (χ1v) is 6.63. The van der Waals surface area contributed by atoms with Crippen LogP contribution >= 0.6 is 0 Å². The quantitative estimate of drug-likeness (QED) is 0.787. The largest absolute Gasteiger partial charge is 0.480 e. The molecule has 0 radical (unpaired) electrons. The molecule has 2 heterocycles. The SMILES string of the molecule is O=C(O)C1NC2CC=NN2C2c3ccccc3CC12. The van der Waals surface area contributed by atoms with Crippen LogP contribution in [0.2, 0.25) is 0 Å². The van der Waals surface area contributed by atoms with Gasteiger partial charge in [-0.05, 0) is 17.5 Å². The molecule has 1 aliphatic carbocycles. The van der Waals surface area contributed by atoms with E-state index in [9.17, 15) is 9.90 Å². The molecule has 1 aromatic carbocycles. The van der Waals surface area contributed by atoms with Gasteiger partial charge in [0.25, 0.3) is 0 Å². The lowest BCUT2D eigenvalue weighted by molar-refractivity contribution is -0.145. The van der Waals surface area contributed by atoms with Gasteiger partial charge in [-0.15, -0.1) is 0 Å². The number of nitrogens with zero attached hydrogens (tertiary/aromatic N) is 2. The van der Waals surface area contributed by atoms with Gasteiger partial charge in [0.15, 0.2) is 0 Å². The zero-order valence-electron chi connectivity index (χ0n) is 10.4. The Morgan fingerprint density at radius 2 is 2.26 bits per heavy atom. The number of hydrazone groups is 1. The van der Waals surface area contributed by atoms with Crippen LogP contribution in [0.1, 0.15) is 23.6 Å². The average molecular weight is 257 g/mol. The van der Waals surface area contributed by atoms with Crippen LogP contribution in [0.4, 0.5) is 0 Å². The standard InChI is InChI=1S/C14H15N3O2/c18-14(19)12-10-7-8-3-1-2-4-9(8)13(10)17-11(16-12)5-6-15-17/h1-4,6,10-13,16H,5,7H2,(H,18,19). The lowest BCUT2D eigenvalue weighted by Crippen LogP contribution is -2.60. The molecule has 1 aromatic rings. The molecule has 1 fully saturated rings. The monoisotopic (exact) mass is 257 g/mol. The first-order chi connectivity index (χ1) is 9.25. The van der Waals surface area contributed by atoms with Crippen LogP contribution in [0.3, 0.4) is 0 Å². The van der Waals surface area contributed by atoms with E-state index in [-0.39, 0.29) is 18.1 Å². The molecule has 0 spiro atoms. The van der Waals surface area contributed by atoms with E-state index in [1.54, 1.807) is 0 Å². The predicted molar refractivity (Wildman–Crippen MR) is 69.7 cm³/mol. The van der Waals surface area contributed by atoms with Crippen molar-refractivity contribution >= 4 is 12.2 Å². The summed E-state index contributed by atoms with van der Waals surface area (Å²) < 4.78 is 0. The third kappa shape index (κ3) is 1.45. The van der Waals surface area contributed by atoms with Crippen LogP contribution in [0.25, 0.3) is 0 Å².